The van der Waals surface area contributed by atoms with Crippen LogP contribution in [0.5, 0.6) is 0 Å². The molecule has 0 radical (unpaired) electrons. The molecule has 0 saturated heterocycles. The second kappa shape index (κ2) is 11.4. The monoisotopic (exact) mass is 617 g/mol. The molecule has 42 heavy (non-hydrogen) atoms. The van der Waals surface area contributed by atoms with Crippen LogP contribution in [0.15, 0.2) is 70.5 Å². The molecule has 3 aromatic carbocycles. The van der Waals surface area contributed by atoms with Crippen molar-refractivity contribution in [2.75, 3.05) is 12.5 Å². The van der Waals surface area contributed by atoms with E-state index in [0.29, 0.717) is 37.7 Å². The molecule has 1 aliphatic heterocycles. The van der Waals surface area contributed by atoms with Gasteiger partial charge in [-0.1, -0.05) is 24.3 Å². The molecular formula is C30H29F2NO7S2. The quantitative estimate of drug-likeness (QED) is 0.306. The van der Waals surface area contributed by atoms with Crippen LogP contribution in [0.1, 0.15) is 40.5 Å². The van der Waals surface area contributed by atoms with Crippen LogP contribution in [-0.4, -0.2) is 51.3 Å². The van der Waals surface area contributed by atoms with Gasteiger partial charge in [0, 0.05) is 42.1 Å². The molecule has 1 atom stereocenters. The lowest BCUT2D eigenvalue weighted by Crippen LogP contribution is -2.37. The first-order chi connectivity index (χ1) is 19.5. The van der Waals surface area contributed by atoms with E-state index < -0.39 is 42.7 Å². The van der Waals surface area contributed by atoms with Crippen LogP contribution < -0.4 is 0 Å². The van der Waals surface area contributed by atoms with E-state index in [-0.39, 0.29) is 15.4 Å². The van der Waals surface area contributed by atoms with Gasteiger partial charge < -0.3 is 9.67 Å². The minimum Gasteiger partial charge on any atom is -0.481 e. The largest absolute Gasteiger partial charge is 0.481 e. The highest BCUT2D eigenvalue weighted by atomic mass is 32.2. The van der Waals surface area contributed by atoms with Crippen molar-refractivity contribution < 1.29 is 40.3 Å². The highest BCUT2D eigenvalue weighted by Gasteiger charge is 2.38. The van der Waals surface area contributed by atoms with Crippen LogP contribution in [0.3, 0.4) is 0 Å². The Bertz CT molecular complexity index is 1930. The van der Waals surface area contributed by atoms with E-state index in [2.05, 4.69) is 0 Å². The number of hydrogen-bond donors (Lipinski definition) is 1. The Morgan fingerprint density at radius 1 is 0.952 bits per heavy atom. The van der Waals surface area contributed by atoms with Gasteiger partial charge in [0.2, 0.25) is 0 Å². The Balaban J connectivity index is 0.000000262. The summed E-state index contributed by atoms with van der Waals surface area (Å²) < 4.78 is 74.8. The molecule has 0 fully saturated rings. The van der Waals surface area contributed by atoms with E-state index in [1.165, 1.54) is 18.2 Å². The number of carboxylic acid groups (broad SMARTS) is 1. The van der Waals surface area contributed by atoms with Gasteiger partial charge in [-0.2, -0.15) is 0 Å². The normalized spacial score (nSPS) is 16.8. The van der Waals surface area contributed by atoms with Crippen LogP contribution in [0, 0.1) is 17.0 Å². The summed E-state index contributed by atoms with van der Waals surface area (Å²) in [4.78, 5) is 21.8. The summed E-state index contributed by atoms with van der Waals surface area (Å²) in [6.45, 7) is 2.13. The summed E-state index contributed by atoms with van der Waals surface area (Å²) in [5.41, 5.74) is 2.37. The number of halogens is 2. The number of hydrogen-bond acceptors (Lipinski definition) is 6. The zero-order chi connectivity index (χ0) is 31.0. The third-order valence-corrected chi connectivity index (χ3v) is 9.70. The standard InChI is InChI=1S/C22H22FNO4S.C8H7FO3S/c1-22(21(25)26)10-9-20-17(16-5-3-4-6-19(16)24(20)13-22)11-14-7-8-15(12-18(14)23)29(2,27)28;1-13(11,12)7-3-2-6(5-10)8(9)4-7/h3-8,12H,9-11,13H2,1-2H3,(H,25,26);2-5H,1H3. The number of aliphatic carboxylic acids is 1. The fourth-order valence-corrected chi connectivity index (χ4v) is 6.28. The Morgan fingerprint density at radius 2 is 1.55 bits per heavy atom. The molecule has 222 valence electrons. The van der Waals surface area contributed by atoms with Crippen LogP contribution in [0.25, 0.3) is 10.9 Å². The van der Waals surface area contributed by atoms with Crippen molar-refractivity contribution in [1.29, 1.82) is 0 Å². The second-order valence-electron chi connectivity index (χ2n) is 10.7. The molecule has 0 spiro atoms. The minimum atomic E-state index is -3.47. The maximum Gasteiger partial charge on any atom is 0.311 e. The highest BCUT2D eigenvalue weighted by molar-refractivity contribution is 7.91. The second-order valence-corrected chi connectivity index (χ2v) is 14.7. The zero-order valence-corrected chi connectivity index (χ0v) is 24.7. The number of benzene rings is 3. The SMILES string of the molecule is CC1(C(=O)O)CCc2c(Cc3ccc(S(C)(=O)=O)cc3F)c3ccccc3n2C1.CS(=O)(=O)c1ccc(C=O)c(F)c1. The molecule has 1 N–H and O–H groups in total. The van der Waals surface area contributed by atoms with Crippen molar-refractivity contribution in [2.24, 2.45) is 5.41 Å². The van der Waals surface area contributed by atoms with Gasteiger partial charge >= 0.3 is 5.97 Å². The van der Waals surface area contributed by atoms with Crippen molar-refractivity contribution in [3.8, 4) is 0 Å². The van der Waals surface area contributed by atoms with Gasteiger partial charge in [0.15, 0.2) is 26.0 Å². The number of carbonyl (C=O) groups is 2. The maximum atomic E-state index is 14.7. The van der Waals surface area contributed by atoms with Gasteiger partial charge in [-0.15, -0.1) is 0 Å². The van der Waals surface area contributed by atoms with E-state index in [0.717, 1.165) is 52.9 Å². The van der Waals surface area contributed by atoms with Gasteiger partial charge in [-0.3, -0.25) is 9.59 Å². The zero-order valence-electron chi connectivity index (χ0n) is 23.1. The molecule has 0 aliphatic carbocycles. The van der Waals surface area contributed by atoms with E-state index in [1.807, 2.05) is 28.8 Å². The van der Waals surface area contributed by atoms with Gasteiger partial charge in [-0.05, 0) is 67.3 Å². The minimum absolute atomic E-state index is 0.0419. The van der Waals surface area contributed by atoms with E-state index in [9.17, 15) is 40.3 Å². The molecular weight excluding hydrogens is 588 g/mol. The van der Waals surface area contributed by atoms with Crippen LogP contribution in [0.2, 0.25) is 0 Å². The topological polar surface area (TPSA) is 128 Å². The van der Waals surface area contributed by atoms with Gasteiger partial charge in [0.05, 0.1) is 20.8 Å². The summed E-state index contributed by atoms with van der Waals surface area (Å²) >= 11 is 0. The number of aldehydes is 1. The number of para-hydroxylation sites is 1. The van der Waals surface area contributed by atoms with E-state index >= 15 is 0 Å². The number of rotatable bonds is 6. The van der Waals surface area contributed by atoms with Crippen LogP contribution >= 0.6 is 0 Å². The fraction of sp³-hybridized carbons (Fsp3) is 0.267. The molecule has 5 rings (SSSR count). The summed E-state index contributed by atoms with van der Waals surface area (Å²) in [7, 11) is -6.88. The fourth-order valence-electron chi connectivity index (χ4n) is 5.02. The molecule has 1 unspecified atom stereocenters. The third-order valence-electron chi connectivity index (χ3n) is 7.48. The lowest BCUT2D eigenvalue weighted by molar-refractivity contribution is -0.149. The number of carbonyl (C=O) groups excluding carboxylic acids is 1. The Hall–Kier alpha value is -3.90. The molecule has 8 nitrogen and oxygen atoms in total. The number of nitrogens with zero attached hydrogens (tertiary/aromatic N) is 1. The average Bonchev–Trinajstić information content (AvgIpc) is 3.21. The van der Waals surface area contributed by atoms with Crippen LogP contribution in [-0.2, 0) is 43.9 Å². The smallest absolute Gasteiger partial charge is 0.311 e. The average molecular weight is 618 g/mol. The lowest BCUT2D eigenvalue weighted by Gasteiger charge is -2.32. The number of carboxylic acids is 1. The lowest BCUT2D eigenvalue weighted by atomic mass is 9.81. The van der Waals surface area contributed by atoms with Gasteiger partial charge in [0.25, 0.3) is 0 Å². The molecule has 4 aromatic rings. The van der Waals surface area contributed by atoms with Crippen molar-refractivity contribution >= 4 is 42.8 Å². The predicted molar refractivity (Wildman–Crippen MR) is 153 cm³/mol. The highest BCUT2D eigenvalue weighted by Crippen LogP contribution is 2.39. The molecule has 1 aromatic heterocycles. The van der Waals surface area contributed by atoms with Crippen molar-refractivity contribution in [2.45, 2.75) is 42.5 Å². The first-order valence-electron chi connectivity index (χ1n) is 12.8. The van der Waals surface area contributed by atoms with Gasteiger partial charge in [0.1, 0.15) is 11.6 Å². The molecule has 2 heterocycles. The maximum absolute atomic E-state index is 14.7. The Morgan fingerprint density at radius 3 is 2.10 bits per heavy atom. The summed E-state index contributed by atoms with van der Waals surface area (Å²) in [5.74, 6) is -2.19. The summed E-state index contributed by atoms with van der Waals surface area (Å²) in [5, 5.41) is 10.6. The number of sulfone groups is 2. The van der Waals surface area contributed by atoms with E-state index in [1.54, 1.807) is 6.92 Å². The summed E-state index contributed by atoms with van der Waals surface area (Å²) in [6.07, 6.45) is 3.79. The van der Waals surface area contributed by atoms with E-state index in [4.69, 9.17) is 0 Å². The first kappa shape index (κ1) is 31.0. The van der Waals surface area contributed by atoms with Crippen molar-refractivity contribution in [3.63, 3.8) is 0 Å². The first-order valence-corrected chi connectivity index (χ1v) is 16.6. The molecule has 1 aliphatic rings. The molecule has 0 amide bonds. The van der Waals surface area contributed by atoms with Crippen molar-refractivity contribution in [1.82, 2.24) is 4.57 Å². The summed E-state index contributed by atoms with van der Waals surface area (Å²) in [6, 6.07) is 14.9. The third kappa shape index (κ3) is 6.29. The van der Waals surface area contributed by atoms with Crippen molar-refractivity contribution in [3.05, 3.63) is 94.7 Å². The predicted octanol–water partition coefficient (Wildman–Crippen LogP) is 4.85. The number of aromatic nitrogens is 1. The molecule has 0 bridgehead atoms. The van der Waals surface area contributed by atoms with Gasteiger partial charge in [-0.25, -0.2) is 25.6 Å². The Kier molecular flexibility index (Phi) is 8.43. The van der Waals surface area contributed by atoms with Crippen LogP contribution in [0.4, 0.5) is 8.78 Å². The Labute approximate surface area is 242 Å². The number of fused-ring (bicyclic) bond motifs is 3. The molecule has 12 heteroatoms. The molecule has 0 saturated carbocycles.